The minimum Gasteiger partial charge on any atom is -0.260 e. The van der Waals surface area contributed by atoms with Gasteiger partial charge in [-0.25, -0.2) is 0 Å². The van der Waals surface area contributed by atoms with Gasteiger partial charge in [-0.1, -0.05) is 215 Å². The van der Waals surface area contributed by atoms with Crippen molar-refractivity contribution in [2.24, 2.45) is 0 Å². The van der Waals surface area contributed by atoms with Crippen LogP contribution in [0.4, 0.5) is 0 Å². The SMILES string of the molecule is Cc1cccc(C)c1-c1ccnc(C2(c3cccc(C4(c5cccc(C6([N+]7=C=[N+](C)C=C7)c7ccccc7-c7ccccc76)c5)c5ccccc5-c5ccccc54)c3)c3ccccc3-c3ccccc32)c1. The number of aryl methyl sites for hydroxylation is 2. The normalized spacial score (nSPS) is 15.5. The molecule has 0 unspecified atom stereocenters. The minimum absolute atomic E-state index is 0.696. The molecule has 1 aliphatic heterocycles. The van der Waals surface area contributed by atoms with Crippen LogP contribution in [-0.4, -0.2) is 27.2 Å². The molecule has 0 saturated heterocycles. The summed E-state index contributed by atoms with van der Waals surface area (Å²) < 4.78 is 4.34. The first kappa shape index (κ1) is 41.2. The van der Waals surface area contributed by atoms with E-state index in [-0.39, 0.29) is 0 Å². The van der Waals surface area contributed by atoms with Crippen molar-refractivity contribution in [3.63, 3.8) is 0 Å². The highest BCUT2D eigenvalue weighted by atomic mass is 15.2. The van der Waals surface area contributed by atoms with Gasteiger partial charge in [0.1, 0.15) is 0 Å². The summed E-state index contributed by atoms with van der Waals surface area (Å²) >= 11 is 0. The Morgan fingerprint density at radius 3 is 1.25 bits per heavy atom. The first-order valence-electron chi connectivity index (χ1n) is 24.7. The van der Waals surface area contributed by atoms with Gasteiger partial charge in [0.15, 0.2) is 7.05 Å². The molecule has 10 aromatic rings. The molecule has 334 valence electrons. The van der Waals surface area contributed by atoms with Crippen molar-refractivity contribution in [2.75, 3.05) is 7.05 Å². The Bertz CT molecular complexity index is 3830. The second-order valence-electron chi connectivity index (χ2n) is 19.7. The molecule has 1 aromatic heterocycles. The average Bonchev–Trinajstić information content (AvgIpc) is 4.17. The van der Waals surface area contributed by atoms with Gasteiger partial charge in [0.25, 0.3) is 5.54 Å². The van der Waals surface area contributed by atoms with Gasteiger partial charge in [0.05, 0.1) is 16.5 Å². The number of fused-ring (bicyclic) bond motifs is 9. The van der Waals surface area contributed by atoms with Crippen LogP contribution in [0.3, 0.4) is 0 Å². The van der Waals surface area contributed by atoms with E-state index in [0.717, 1.165) is 5.69 Å². The Balaban J connectivity index is 1.08. The topological polar surface area (TPSA) is 18.9 Å². The summed E-state index contributed by atoms with van der Waals surface area (Å²) in [6.07, 6.45) is 6.32. The molecule has 2 heterocycles. The number of aromatic nitrogens is 1. The zero-order valence-corrected chi connectivity index (χ0v) is 39.9. The first-order chi connectivity index (χ1) is 34.9. The summed E-state index contributed by atoms with van der Waals surface area (Å²) in [4.78, 5) is 5.45. The van der Waals surface area contributed by atoms with Gasteiger partial charge in [-0.2, -0.15) is 0 Å². The van der Waals surface area contributed by atoms with Crippen LogP contribution in [-0.2, 0) is 16.4 Å². The van der Waals surface area contributed by atoms with Crippen molar-refractivity contribution in [3.05, 3.63) is 316 Å². The largest absolute Gasteiger partial charge is 0.490 e. The molecule has 0 spiro atoms. The Morgan fingerprint density at radius 1 is 0.380 bits per heavy atom. The van der Waals surface area contributed by atoms with Gasteiger partial charge in [0.2, 0.25) is 12.4 Å². The van der Waals surface area contributed by atoms with Gasteiger partial charge >= 0.3 is 6.01 Å². The molecule has 14 rings (SSSR count). The Hall–Kier alpha value is -8.75. The third-order valence-electron chi connectivity index (χ3n) is 16.3. The van der Waals surface area contributed by atoms with E-state index < -0.39 is 16.4 Å². The van der Waals surface area contributed by atoms with Crippen molar-refractivity contribution in [1.82, 2.24) is 4.98 Å². The summed E-state index contributed by atoms with van der Waals surface area (Å²) in [6, 6.07) is 88.1. The van der Waals surface area contributed by atoms with Crippen molar-refractivity contribution < 1.29 is 9.15 Å². The van der Waals surface area contributed by atoms with Crippen LogP contribution in [0, 0.1) is 13.8 Å². The highest BCUT2D eigenvalue weighted by Crippen LogP contribution is 2.61. The zero-order chi connectivity index (χ0) is 47.5. The molecule has 3 nitrogen and oxygen atoms in total. The fraction of sp³-hybridized carbons (Fsp3) is 0.0882. The smallest absolute Gasteiger partial charge is 0.260 e. The van der Waals surface area contributed by atoms with E-state index in [1.54, 1.807) is 0 Å². The van der Waals surface area contributed by atoms with Crippen molar-refractivity contribution in [3.8, 4) is 44.5 Å². The van der Waals surface area contributed by atoms with E-state index >= 15 is 0 Å². The number of nitrogens with zero attached hydrogens (tertiary/aromatic N) is 3. The second kappa shape index (κ2) is 15.4. The van der Waals surface area contributed by atoms with Gasteiger partial charge < -0.3 is 0 Å². The zero-order valence-electron chi connectivity index (χ0n) is 39.9. The second-order valence-corrected chi connectivity index (χ2v) is 19.7. The first-order valence-corrected chi connectivity index (χ1v) is 24.7. The fourth-order valence-corrected chi connectivity index (χ4v) is 13.5. The van der Waals surface area contributed by atoms with E-state index in [1.165, 1.54) is 111 Å². The van der Waals surface area contributed by atoms with Crippen LogP contribution in [0.25, 0.3) is 44.5 Å². The maximum absolute atomic E-state index is 5.45. The van der Waals surface area contributed by atoms with Crippen LogP contribution in [0.15, 0.2) is 243 Å². The summed E-state index contributed by atoms with van der Waals surface area (Å²) in [5, 5.41) is 0. The monoisotopic (exact) mass is 907 g/mol. The standard InChI is InChI=1S/C68H49N3/c1-45-19-16-20-46(2)65(45)47-37-38-69-64(41-47)67(60-33-12-6-27-54(60)55-28-7-13-34-61(55)67)50-23-17-21-48(42-50)66(58-31-10-4-25-52(58)53-26-5-11-32-59(53)66)49-22-18-24-51(43-49)68(71-40-39-70(3)44-71)62-35-14-8-29-56(62)57-30-9-15-36-63(57)68/h4-43H,1-3H3/q+2. The highest BCUT2D eigenvalue weighted by Gasteiger charge is 2.57. The number of benzene rings is 9. The van der Waals surface area contributed by atoms with E-state index in [0.29, 0.717) is 0 Å². The molecule has 71 heavy (non-hydrogen) atoms. The van der Waals surface area contributed by atoms with Gasteiger partial charge in [-0.3, -0.25) is 4.98 Å². The highest BCUT2D eigenvalue weighted by molar-refractivity contribution is 5.89. The maximum Gasteiger partial charge on any atom is 0.490 e. The molecule has 0 atom stereocenters. The van der Waals surface area contributed by atoms with Gasteiger partial charge in [-0.05, 0) is 127 Å². The molecule has 4 aliphatic rings. The van der Waals surface area contributed by atoms with Crippen molar-refractivity contribution in [2.45, 2.75) is 30.2 Å². The number of rotatable bonds is 7. The Kier molecular flexibility index (Phi) is 8.93. The van der Waals surface area contributed by atoms with Gasteiger partial charge in [-0.15, -0.1) is 0 Å². The van der Waals surface area contributed by atoms with Gasteiger partial charge in [0, 0.05) is 22.9 Å². The lowest BCUT2D eigenvalue weighted by Crippen LogP contribution is -2.38. The van der Waals surface area contributed by atoms with Crippen molar-refractivity contribution >= 4 is 6.01 Å². The third-order valence-corrected chi connectivity index (χ3v) is 16.3. The molecule has 0 bridgehead atoms. The minimum atomic E-state index is -0.739. The fourth-order valence-electron chi connectivity index (χ4n) is 13.5. The molecular formula is C68H49N3+2. The predicted molar refractivity (Wildman–Crippen MR) is 286 cm³/mol. The van der Waals surface area contributed by atoms with Crippen LogP contribution < -0.4 is 0 Å². The lowest BCUT2D eigenvalue weighted by molar-refractivity contribution is -0.533. The van der Waals surface area contributed by atoms with E-state index in [9.17, 15) is 0 Å². The van der Waals surface area contributed by atoms with Crippen LogP contribution in [0.2, 0.25) is 0 Å². The van der Waals surface area contributed by atoms with E-state index in [2.05, 4.69) is 268 Å². The molecular weight excluding hydrogens is 859 g/mol. The maximum atomic E-state index is 5.45. The molecule has 3 aliphatic carbocycles. The lowest BCUT2D eigenvalue weighted by atomic mass is 9.64. The van der Waals surface area contributed by atoms with E-state index in [4.69, 9.17) is 4.98 Å². The van der Waals surface area contributed by atoms with Crippen molar-refractivity contribution in [1.29, 1.82) is 0 Å². The molecule has 0 saturated carbocycles. The third kappa shape index (κ3) is 5.47. The summed E-state index contributed by atoms with van der Waals surface area (Å²) in [6.45, 7) is 4.44. The quantitative estimate of drug-likeness (QED) is 0.146. The van der Waals surface area contributed by atoms with Crippen LogP contribution in [0.1, 0.15) is 72.5 Å². The Labute approximate surface area is 415 Å². The molecule has 0 amide bonds. The summed E-state index contributed by atoms with van der Waals surface area (Å²) in [5.74, 6) is 0. The predicted octanol–water partition coefficient (Wildman–Crippen LogP) is 14.7. The van der Waals surface area contributed by atoms with Crippen LogP contribution in [0.5, 0.6) is 0 Å². The number of hydrogen-bond donors (Lipinski definition) is 0. The van der Waals surface area contributed by atoms with E-state index in [1.807, 2.05) is 10.8 Å². The summed E-state index contributed by atoms with van der Waals surface area (Å²) in [7, 11) is 2.06. The number of pyridine rings is 1. The number of hydrogen-bond acceptors (Lipinski definition) is 1. The van der Waals surface area contributed by atoms with Crippen LogP contribution >= 0.6 is 0 Å². The molecule has 0 radical (unpaired) electrons. The lowest BCUT2D eigenvalue weighted by Gasteiger charge is -2.37. The Morgan fingerprint density at radius 2 is 0.775 bits per heavy atom. The molecule has 3 heteroatoms. The average molecular weight is 908 g/mol. The molecule has 0 N–H and O–H groups in total. The molecule has 0 fully saturated rings. The summed E-state index contributed by atoms with van der Waals surface area (Å²) in [5.41, 5.74) is 23.6. The molecule has 9 aromatic carbocycles.